The summed E-state index contributed by atoms with van der Waals surface area (Å²) in [5, 5.41) is 7.57. The maximum atomic E-state index is 11.9. The van der Waals surface area contributed by atoms with Gasteiger partial charge in [0.15, 0.2) is 11.5 Å². The molecule has 2 unspecified atom stereocenters. The van der Waals surface area contributed by atoms with Gasteiger partial charge in [-0.3, -0.25) is 9.48 Å². The number of nitrogens with zero attached hydrogens (tertiary/aromatic N) is 3. The van der Waals surface area contributed by atoms with Crippen molar-refractivity contribution >= 4 is 23.4 Å². The number of ether oxygens (including phenoxy) is 1. The van der Waals surface area contributed by atoms with Crippen molar-refractivity contribution in [3.8, 4) is 0 Å². The molecule has 1 amide bonds. The summed E-state index contributed by atoms with van der Waals surface area (Å²) < 4.78 is 6.43. The van der Waals surface area contributed by atoms with Crippen molar-refractivity contribution in [2.24, 2.45) is 11.5 Å². The third-order valence-electron chi connectivity index (χ3n) is 4.84. The first-order valence-electron chi connectivity index (χ1n) is 8.87. The minimum Gasteiger partial charge on any atom is -0.464 e. The summed E-state index contributed by atoms with van der Waals surface area (Å²) in [6.07, 6.45) is 7.14. The normalized spacial score (nSPS) is 19.5. The third-order valence-corrected chi connectivity index (χ3v) is 4.84. The quantitative estimate of drug-likeness (QED) is 0.678. The van der Waals surface area contributed by atoms with Crippen LogP contribution in [0.5, 0.6) is 0 Å². The highest BCUT2D eigenvalue weighted by Crippen LogP contribution is 2.29. The number of esters is 1. The Hall–Kier alpha value is -2.94. The number of pyridine rings is 1. The average Bonchev–Trinajstić information content (AvgIpc) is 3.05. The SMILES string of the molecule is COC(=O)c1ncc(Nc2nn(C3CCCCC3N)cc2C(N)=O)cc1C. The lowest BCUT2D eigenvalue weighted by Gasteiger charge is -2.28. The van der Waals surface area contributed by atoms with Gasteiger partial charge < -0.3 is 21.5 Å². The Bertz CT molecular complexity index is 863. The van der Waals surface area contributed by atoms with Crippen LogP contribution in [0.3, 0.4) is 0 Å². The van der Waals surface area contributed by atoms with E-state index in [1.165, 1.54) is 13.3 Å². The molecule has 27 heavy (non-hydrogen) atoms. The van der Waals surface area contributed by atoms with Gasteiger partial charge in [0.2, 0.25) is 0 Å². The van der Waals surface area contributed by atoms with Gasteiger partial charge in [-0.15, -0.1) is 0 Å². The van der Waals surface area contributed by atoms with Crippen molar-refractivity contribution < 1.29 is 14.3 Å². The molecule has 0 aliphatic heterocycles. The smallest absolute Gasteiger partial charge is 0.356 e. The predicted molar refractivity (Wildman–Crippen MR) is 99.8 cm³/mol. The molecule has 0 aromatic carbocycles. The summed E-state index contributed by atoms with van der Waals surface area (Å²) in [7, 11) is 1.30. The van der Waals surface area contributed by atoms with E-state index in [2.05, 4.69) is 15.4 Å². The van der Waals surface area contributed by atoms with Crippen molar-refractivity contribution in [2.75, 3.05) is 12.4 Å². The van der Waals surface area contributed by atoms with Crippen molar-refractivity contribution in [2.45, 2.75) is 44.7 Å². The van der Waals surface area contributed by atoms with Crippen LogP contribution in [0.2, 0.25) is 0 Å². The standard InChI is InChI=1S/C18H24N6O3/c1-10-7-11(8-21-15(10)18(26)27-2)22-17-12(16(20)25)9-24(23-17)14-6-4-3-5-13(14)19/h7-9,13-14H,3-6,19H2,1-2H3,(H2,20,25)(H,22,23). The molecule has 9 nitrogen and oxygen atoms in total. The zero-order chi connectivity index (χ0) is 19.6. The number of nitrogens with one attached hydrogen (secondary N) is 1. The largest absolute Gasteiger partial charge is 0.464 e. The number of nitrogens with two attached hydrogens (primary N) is 2. The number of aromatic nitrogens is 3. The van der Waals surface area contributed by atoms with E-state index < -0.39 is 11.9 Å². The zero-order valence-corrected chi connectivity index (χ0v) is 15.4. The number of carbonyl (C=O) groups is 2. The highest BCUT2D eigenvalue weighted by Gasteiger charge is 2.26. The molecule has 0 bridgehead atoms. The highest BCUT2D eigenvalue weighted by molar-refractivity contribution is 5.98. The molecule has 2 aromatic heterocycles. The highest BCUT2D eigenvalue weighted by atomic mass is 16.5. The number of amides is 1. The molecule has 2 atom stereocenters. The maximum absolute atomic E-state index is 11.9. The number of hydrogen-bond acceptors (Lipinski definition) is 7. The van der Waals surface area contributed by atoms with E-state index in [0.29, 0.717) is 17.1 Å². The summed E-state index contributed by atoms with van der Waals surface area (Å²) in [6, 6.07) is 1.76. The Morgan fingerprint density at radius 1 is 1.33 bits per heavy atom. The Morgan fingerprint density at radius 2 is 2.07 bits per heavy atom. The maximum Gasteiger partial charge on any atom is 0.356 e. The van der Waals surface area contributed by atoms with Crippen LogP contribution in [0.1, 0.15) is 58.1 Å². The molecule has 9 heteroatoms. The number of primary amides is 1. The van der Waals surface area contributed by atoms with E-state index in [1.807, 2.05) is 0 Å². The van der Waals surface area contributed by atoms with E-state index >= 15 is 0 Å². The van der Waals surface area contributed by atoms with Crippen LogP contribution in [0.25, 0.3) is 0 Å². The van der Waals surface area contributed by atoms with E-state index in [4.69, 9.17) is 16.2 Å². The van der Waals surface area contributed by atoms with Gasteiger partial charge in [0, 0.05) is 12.2 Å². The third kappa shape index (κ3) is 3.92. The van der Waals surface area contributed by atoms with Gasteiger partial charge in [-0.2, -0.15) is 5.10 Å². The molecule has 0 saturated heterocycles. The van der Waals surface area contributed by atoms with E-state index in [-0.39, 0.29) is 23.3 Å². The second kappa shape index (κ2) is 7.75. The minimum atomic E-state index is -0.580. The molecule has 2 aromatic rings. The van der Waals surface area contributed by atoms with Gasteiger partial charge in [0.1, 0.15) is 5.56 Å². The van der Waals surface area contributed by atoms with E-state index in [0.717, 1.165) is 25.7 Å². The zero-order valence-electron chi connectivity index (χ0n) is 15.4. The fourth-order valence-electron chi connectivity index (χ4n) is 3.39. The molecule has 0 radical (unpaired) electrons. The molecular weight excluding hydrogens is 348 g/mol. The first kappa shape index (κ1) is 18.8. The number of anilines is 2. The minimum absolute atomic E-state index is 0.00419. The molecule has 0 spiro atoms. The molecule has 5 N–H and O–H groups in total. The second-order valence-electron chi connectivity index (χ2n) is 6.76. The molecule has 1 aliphatic carbocycles. The van der Waals surface area contributed by atoms with Crippen molar-refractivity contribution in [1.29, 1.82) is 0 Å². The first-order valence-corrected chi connectivity index (χ1v) is 8.87. The van der Waals surface area contributed by atoms with Crippen LogP contribution in [0.4, 0.5) is 11.5 Å². The summed E-state index contributed by atoms with van der Waals surface area (Å²) in [6.45, 7) is 1.75. The summed E-state index contributed by atoms with van der Waals surface area (Å²) >= 11 is 0. The lowest BCUT2D eigenvalue weighted by molar-refractivity contribution is 0.0593. The van der Waals surface area contributed by atoms with Gasteiger partial charge in [0.05, 0.1) is 25.0 Å². The molecular formula is C18H24N6O3. The number of aryl methyl sites for hydroxylation is 1. The summed E-state index contributed by atoms with van der Waals surface area (Å²) in [5.74, 6) is -0.747. The lowest BCUT2D eigenvalue weighted by Crippen LogP contribution is -2.35. The van der Waals surface area contributed by atoms with Crippen LogP contribution in [0.15, 0.2) is 18.5 Å². The predicted octanol–water partition coefficient (Wildman–Crippen LogP) is 1.66. The van der Waals surface area contributed by atoms with Crippen LogP contribution >= 0.6 is 0 Å². The number of rotatable bonds is 5. The Kier molecular flexibility index (Phi) is 5.41. The Morgan fingerprint density at radius 3 is 2.70 bits per heavy atom. The Balaban J connectivity index is 1.89. The molecule has 1 fully saturated rings. The van der Waals surface area contributed by atoms with Gasteiger partial charge in [0.25, 0.3) is 5.91 Å². The van der Waals surface area contributed by atoms with Crippen molar-refractivity contribution in [1.82, 2.24) is 14.8 Å². The van der Waals surface area contributed by atoms with Crippen LogP contribution in [-0.2, 0) is 4.74 Å². The van der Waals surface area contributed by atoms with Crippen molar-refractivity contribution in [3.05, 3.63) is 35.3 Å². The molecule has 3 rings (SSSR count). The van der Waals surface area contributed by atoms with Gasteiger partial charge in [-0.05, 0) is 31.4 Å². The van der Waals surface area contributed by atoms with Gasteiger partial charge in [-0.25, -0.2) is 9.78 Å². The fourth-order valence-corrected chi connectivity index (χ4v) is 3.39. The molecule has 2 heterocycles. The van der Waals surface area contributed by atoms with E-state index in [1.54, 1.807) is 23.9 Å². The second-order valence-corrected chi connectivity index (χ2v) is 6.76. The number of methoxy groups -OCH3 is 1. The lowest BCUT2D eigenvalue weighted by atomic mass is 9.91. The summed E-state index contributed by atoms with van der Waals surface area (Å²) in [4.78, 5) is 27.6. The number of hydrogen-bond donors (Lipinski definition) is 3. The van der Waals surface area contributed by atoms with Crippen molar-refractivity contribution in [3.63, 3.8) is 0 Å². The molecule has 1 aliphatic rings. The Labute approximate surface area is 157 Å². The molecule has 144 valence electrons. The monoisotopic (exact) mass is 372 g/mol. The topological polar surface area (TPSA) is 138 Å². The van der Waals surface area contributed by atoms with Crippen LogP contribution in [-0.4, -0.2) is 39.8 Å². The van der Waals surface area contributed by atoms with Gasteiger partial charge in [-0.1, -0.05) is 12.8 Å². The van der Waals surface area contributed by atoms with Crippen LogP contribution in [0, 0.1) is 6.92 Å². The van der Waals surface area contributed by atoms with E-state index in [9.17, 15) is 9.59 Å². The average molecular weight is 372 g/mol. The molecule has 1 saturated carbocycles. The fraction of sp³-hybridized carbons (Fsp3) is 0.444. The number of carbonyl (C=O) groups excluding carboxylic acids is 2. The first-order chi connectivity index (χ1) is 12.9. The van der Waals surface area contributed by atoms with Crippen LogP contribution < -0.4 is 16.8 Å². The van der Waals surface area contributed by atoms with Gasteiger partial charge >= 0.3 is 5.97 Å². The summed E-state index contributed by atoms with van der Waals surface area (Å²) in [5.41, 5.74) is 13.5.